The molecule has 0 saturated carbocycles. The molecule has 1 aliphatic heterocycles. The highest BCUT2D eigenvalue weighted by molar-refractivity contribution is 5.90. The molecular weight excluding hydrogens is 302 g/mol. The van der Waals surface area contributed by atoms with Crippen LogP contribution in [0.3, 0.4) is 0 Å². The average molecular weight is 325 g/mol. The normalized spacial score (nSPS) is 16.8. The summed E-state index contributed by atoms with van der Waals surface area (Å²) in [6.07, 6.45) is 3.61. The predicted octanol–water partition coefficient (Wildman–Crippen LogP) is 3.82. The third-order valence-corrected chi connectivity index (χ3v) is 4.08. The monoisotopic (exact) mass is 325 g/mol. The lowest BCUT2D eigenvalue weighted by molar-refractivity contribution is -0.116. The molecule has 0 aliphatic carbocycles. The lowest BCUT2D eigenvalue weighted by Gasteiger charge is -2.12. The van der Waals surface area contributed by atoms with E-state index in [0.29, 0.717) is 13.0 Å². The Labute approximate surface area is 142 Å². The van der Waals surface area contributed by atoms with Gasteiger partial charge < -0.3 is 14.8 Å². The van der Waals surface area contributed by atoms with Crippen LogP contribution in [0.1, 0.15) is 24.8 Å². The molecule has 24 heavy (non-hydrogen) atoms. The molecule has 0 aromatic heterocycles. The van der Waals surface area contributed by atoms with Gasteiger partial charge in [0.2, 0.25) is 5.91 Å². The summed E-state index contributed by atoms with van der Waals surface area (Å²) in [5.41, 5.74) is 1.96. The van der Waals surface area contributed by atoms with Crippen molar-refractivity contribution in [2.75, 3.05) is 18.5 Å². The first kappa shape index (κ1) is 16.5. The van der Waals surface area contributed by atoms with Crippen LogP contribution in [0.25, 0.3) is 0 Å². The molecular formula is C20H23NO3. The highest BCUT2D eigenvalue weighted by Crippen LogP contribution is 2.18. The molecule has 1 fully saturated rings. The summed E-state index contributed by atoms with van der Waals surface area (Å²) in [6.45, 7) is 1.42. The summed E-state index contributed by atoms with van der Waals surface area (Å²) < 4.78 is 11.2. The molecule has 2 aromatic carbocycles. The zero-order valence-corrected chi connectivity index (χ0v) is 13.7. The quantitative estimate of drug-likeness (QED) is 0.842. The predicted molar refractivity (Wildman–Crippen MR) is 94.3 cm³/mol. The molecule has 1 atom stereocenters. The number of ether oxygens (including phenoxy) is 2. The highest BCUT2D eigenvalue weighted by atomic mass is 16.5. The number of aryl methyl sites for hydroxylation is 1. The van der Waals surface area contributed by atoms with Crippen LogP contribution in [0.5, 0.6) is 5.75 Å². The molecule has 0 bridgehead atoms. The van der Waals surface area contributed by atoms with Crippen molar-refractivity contribution in [3.63, 3.8) is 0 Å². The minimum Gasteiger partial charge on any atom is -0.491 e. The Morgan fingerprint density at radius 2 is 1.92 bits per heavy atom. The van der Waals surface area contributed by atoms with Crippen LogP contribution >= 0.6 is 0 Å². The minimum atomic E-state index is 0.0203. The van der Waals surface area contributed by atoms with Gasteiger partial charge in [-0.15, -0.1) is 0 Å². The second kappa shape index (κ2) is 8.50. The lowest BCUT2D eigenvalue weighted by atomic mass is 10.1. The van der Waals surface area contributed by atoms with Gasteiger partial charge in [-0.25, -0.2) is 0 Å². The first-order chi connectivity index (χ1) is 11.8. The zero-order chi connectivity index (χ0) is 16.6. The average Bonchev–Trinajstić information content (AvgIpc) is 3.14. The number of carbonyl (C=O) groups excluding carboxylic acids is 1. The maximum absolute atomic E-state index is 12.0. The molecule has 0 radical (unpaired) electrons. The number of rotatable bonds is 7. The van der Waals surface area contributed by atoms with Gasteiger partial charge in [0, 0.05) is 18.7 Å². The van der Waals surface area contributed by atoms with Crippen LogP contribution < -0.4 is 10.1 Å². The number of hydrogen-bond donors (Lipinski definition) is 1. The number of amides is 1. The fourth-order valence-electron chi connectivity index (χ4n) is 2.73. The summed E-state index contributed by atoms with van der Waals surface area (Å²) in [4.78, 5) is 12.0. The van der Waals surface area contributed by atoms with Crippen molar-refractivity contribution >= 4 is 11.6 Å². The molecule has 1 heterocycles. The van der Waals surface area contributed by atoms with Gasteiger partial charge >= 0.3 is 0 Å². The van der Waals surface area contributed by atoms with Gasteiger partial charge in [-0.05, 0) is 49.1 Å². The van der Waals surface area contributed by atoms with Crippen molar-refractivity contribution < 1.29 is 14.3 Å². The van der Waals surface area contributed by atoms with Gasteiger partial charge in [0.15, 0.2) is 0 Å². The Balaban J connectivity index is 1.42. The molecule has 1 aliphatic rings. The standard InChI is InChI=1S/C20H23NO3/c22-20(13-8-16-5-2-1-3-6-16)21-17-9-11-18(12-10-17)24-15-19-7-4-14-23-19/h1-3,5-6,9-12,19H,4,7-8,13-15H2,(H,21,22)/t19-/m1/s1. The van der Waals surface area contributed by atoms with Crippen LogP contribution in [0.15, 0.2) is 54.6 Å². The summed E-state index contributed by atoms with van der Waals surface area (Å²) >= 11 is 0. The number of hydrogen-bond acceptors (Lipinski definition) is 3. The maximum Gasteiger partial charge on any atom is 0.224 e. The van der Waals surface area contributed by atoms with E-state index >= 15 is 0 Å². The van der Waals surface area contributed by atoms with Crippen LogP contribution in [-0.2, 0) is 16.0 Å². The summed E-state index contributed by atoms with van der Waals surface area (Å²) in [6, 6.07) is 17.5. The summed E-state index contributed by atoms with van der Waals surface area (Å²) in [5.74, 6) is 0.819. The number of benzene rings is 2. The smallest absolute Gasteiger partial charge is 0.224 e. The SMILES string of the molecule is O=C(CCc1ccccc1)Nc1ccc(OC[C@H]2CCCO2)cc1. The van der Waals surface area contributed by atoms with Gasteiger partial charge in [0.05, 0.1) is 6.10 Å². The molecule has 0 spiro atoms. The van der Waals surface area contributed by atoms with E-state index in [0.717, 1.165) is 37.3 Å². The molecule has 1 saturated heterocycles. The highest BCUT2D eigenvalue weighted by Gasteiger charge is 2.15. The van der Waals surface area contributed by atoms with E-state index in [-0.39, 0.29) is 12.0 Å². The largest absolute Gasteiger partial charge is 0.491 e. The second-order valence-electron chi connectivity index (χ2n) is 6.00. The summed E-state index contributed by atoms with van der Waals surface area (Å²) in [5, 5.41) is 2.92. The molecule has 4 nitrogen and oxygen atoms in total. The van der Waals surface area contributed by atoms with E-state index in [9.17, 15) is 4.79 Å². The molecule has 2 aromatic rings. The van der Waals surface area contributed by atoms with E-state index in [2.05, 4.69) is 5.32 Å². The van der Waals surface area contributed by atoms with Crippen LogP contribution in [0.2, 0.25) is 0 Å². The molecule has 4 heteroatoms. The molecule has 3 rings (SSSR count). The Morgan fingerprint density at radius 1 is 1.12 bits per heavy atom. The second-order valence-corrected chi connectivity index (χ2v) is 6.00. The van der Waals surface area contributed by atoms with E-state index in [1.165, 1.54) is 5.56 Å². The minimum absolute atomic E-state index is 0.0203. The number of carbonyl (C=O) groups is 1. The fraction of sp³-hybridized carbons (Fsp3) is 0.350. The molecule has 1 N–H and O–H groups in total. The molecule has 1 amide bonds. The van der Waals surface area contributed by atoms with Crippen molar-refractivity contribution in [2.45, 2.75) is 31.8 Å². The van der Waals surface area contributed by atoms with E-state index in [1.807, 2.05) is 54.6 Å². The van der Waals surface area contributed by atoms with E-state index in [1.54, 1.807) is 0 Å². The Bertz CT molecular complexity index is 634. The fourth-order valence-corrected chi connectivity index (χ4v) is 2.73. The first-order valence-electron chi connectivity index (χ1n) is 8.48. The zero-order valence-electron chi connectivity index (χ0n) is 13.7. The van der Waals surface area contributed by atoms with Crippen molar-refractivity contribution in [2.24, 2.45) is 0 Å². The number of anilines is 1. The van der Waals surface area contributed by atoms with Crippen molar-refractivity contribution in [3.8, 4) is 5.75 Å². The van der Waals surface area contributed by atoms with Crippen LogP contribution in [-0.4, -0.2) is 25.2 Å². The van der Waals surface area contributed by atoms with Crippen LogP contribution in [0.4, 0.5) is 5.69 Å². The molecule has 0 unspecified atom stereocenters. The Hall–Kier alpha value is -2.33. The number of nitrogens with one attached hydrogen (secondary N) is 1. The van der Waals surface area contributed by atoms with Gasteiger partial charge in [-0.3, -0.25) is 4.79 Å². The Kier molecular flexibility index (Phi) is 5.85. The third kappa shape index (κ3) is 5.10. The van der Waals surface area contributed by atoms with Gasteiger partial charge in [-0.1, -0.05) is 30.3 Å². The van der Waals surface area contributed by atoms with E-state index < -0.39 is 0 Å². The molecule has 126 valence electrons. The third-order valence-electron chi connectivity index (χ3n) is 4.08. The maximum atomic E-state index is 12.0. The lowest BCUT2D eigenvalue weighted by Crippen LogP contribution is -2.16. The van der Waals surface area contributed by atoms with Crippen molar-refractivity contribution in [1.82, 2.24) is 0 Å². The van der Waals surface area contributed by atoms with Crippen molar-refractivity contribution in [3.05, 3.63) is 60.2 Å². The summed E-state index contributed by atoms with van der Waals surface area (Å²) in [7, 11) is 0. The first-order valence-corrected chi connectivity index (χ1v) is 8.48. The van der Waals surface area contributed by atoms with Crippen molar-refractivity contribution in [1.29, 1.82) is 0 Å². The van der Waals surface area contributed by atoms with Gasteiger partial charge in [0.1, 0.15) is 12.4 Å². The Morgan fingerprint density at radius 3 is 2.62 bits per heavy atom. The topological polar surface area (TPSA) is 47.6 Å². The van der Waals surface area contributed by atoms with Gasteiger partial charge in [0.25, 0.3) is 0 Å². The van der Waals surface area contributed by atoms with E-state index in [4.69, 9.17) is 9.47 Å². The van der Waals surface area contributed by atoms with Crippen LogP contribution in [0, 0.1) is 0 Å². The van der Waals surface area contributed by atoms with Gasteiger partial charge in [-0.2, -0.15) is 0 Å².